The normalized spacial score (nSPS) is 15.3. The molecule has 2 rings (SSSR count). The van der Waals surface area contributed by atoms with Gasteiger partial charge in [-0.3, -0.25) is 0 Å². The van der Waals surface area contributed by atoms with Gasteiger partial charge in [0.15, 0.2) is 0 Å². The molecule has 2 aromatic heterocycles. The second kappa shape index (κ2) is 7.67. The quantitative estimate of drug-likeness (QED) is 0.797. The number of imidazole rings is 1. The lowest BCUT2D eigenvalue weighted by atomic mass is 9.97. The van der Waals surface area contributed by atoms with Crippen LogP contribution >= 0.6 is 11.3 Å². The number of nitrogens with one attached hydrogen (secondary N) is 1. The van der Waals surface area contributed by atoms with Crippen molar-refractivity contribution in [3.05, 3.63) is 40.6 Å². The predicted octanol–water partition coefficient (Wildman–Crippen LogP) is 3.02. The molecule has 2 N–H and O–H groups in total. The highest BCUT2D eigenvalue weighted by atomic mass is 32.1. The first kappa shape index (κ1) is 20.2. The highest BCUT2D eigenvalue weighted by Crippen LogP contribution is 2.40. The minimum Gasteiger partial charge on any atom is -0.374 e. The number of hydrogen-bond acceptors (Lipinski definition) is 4. The molecule has 26 heavy (non-hydrogen) atoms. The van der Waals surface area contributed by atoms with Crippen LogP contribution in [0.4, 0.5) is 18.0 Å². The zero-order chi connectivity index (χ0) is 19.5. The average Bonchev–Trinajstić information content (AvgIpc) is 3.23. The molecule has 144 valence electrons. The zero-order valence-corrected chi connectivity index (χ0v) is 15.4. The van der Waals surface area contributed by atoms with Gasteiger partial charge in [0.25, 0.3) is 0 Å². The molecule has 2 atom stereocenters. The third-order valence-electron chi connectivity index (χ3n) is 4.28. The van der Waals surface area contributed by atoms with Gasteiger partial charge in [0.1, 0.15) is 5.82 Å². The van der Waals surface area contributed by atoms with Crippen LogP contribution in [-0.4, -0.2) is 45.4 Å². The molecule has 0 spiro atoms. The highest BCUT2D eigenvalue weighted by molar-refractivity contribution is 7.10. The second-order valence-corrected chi connectivity index (χ2v) is 6.98. The maximum absolute atomic E-state index is 13.4. The SMILES string of the molecule is CC(c1cccs1)N(C)C(=O)NCCC(O)(c1nccn1C)C(F)(F)F. The Kier molecular flexibility index (Phi) is 5.97. The summed E-state index contributed by atoms with van der Waals surface area (Å²) < 4.78 is 41.4. The van der Waals surface area contributed by atoms with Crippen molar-refractivity contribution in [1.82, 2.24) is 19.8 Å². The lowest BCUT2D eigenvalue weighted by Gasteiger charge is -2.30. The Hall–Kier alpha value is -2.07. The van der Waals surface area contributed by atoms with Crippen LogP contribution in [0.15, 0.2) is 29.9 Å². The minimum absolute atomic E-state index is 0.217. The van der Waals surface area contributed by atoms with Crippen LogP contribution < -0.4 is 5.32 Å². The third-order valence-corrected chi connectivity index (χ3v) is 5.32. The molecule has 0 aromatic carbocycles. The van der Waals surface area contributed by atoms with Crippen LogP contribution in [-0.2, 0) is 12.6 Å². The molecule has 0 bridgehead atoms. The summed E-state index contributed by atoms with van der Waals surface area (Å²) in [7, 11) is 2.93. The first-order chi connectivity index (χ1) is 12.1. The summed E-state index contributed by atoms with van der Waals surface area (Å²) in [4.78, 5) is 18.2. The summed E-state index contributed by atoms with van der Waals surface area (Å²) in [5.41, 5.74) is -3.14. The van der Waals surface area contributed by atoms with Gasteiger partial charge in [-0.15, -0.1) is 11.3 Å². The molecule has 2 heterocycles. The number of nitrogens with zero attached hydrogens (tertiary/aromatic N) is 3. The summed E-state index contributed by atoms with van der Waals surface area (Å²) in [6.45, 7) is 1.47. The zero-order valence-electron chi connectivity index (χ0n) is 14.6. The van der Waals surface area contributed by atoms with Gasteiger partial charge in [-0.1, -0.05) is 6.07 Å². The number of rotatable bonds is 6. The number of aromatic nitrogens is 2. The fourth-order valence-electron chi connectivity index (χ4n) is 2.52. The van der Waals surface area contributed by atoms with E-state index in [1.54, 1.807) is 7.05 Å². The van der Waals surface area contributed by atoms with E-state index in [1.807, 2.05) is 24.4 Å². The highest BCUT2D eigenvalue weighted by Gasteiger charge is 2.57. The van der Waals surface area contributed by atoms with E-state index in [4.69, 9.17) is 0 Å². The Morgan fingerprint density at radius 2 is 2.19 bits per heavy atom. The van der Waals surface area contributed by atoms with Crippen molar-refractivity contribution in [3.63, 3.8) is 0 Å². The molecular formula is C16H21F3N4O2S. The number of aliphatic hydroxyl groups is 1. The lowest BCUT2D eigenvalue weighted by molar-refractivity contribution is -0.272. The van der Waals surface area contributed by atoms with Crippen LogP contribution in [0.3, 0.4) is 0 Å². The minimum atomic E-state index is -4.92. The topological polar surface area (TPSA) is 70.4 Å². The molecule has 0 aliphatic rings. The van der Waals surface area contributed by atoms with Crippen LogP contribution in [0.25, 0.3) is 0 Å². The van der Waals surface area contributed by atoms with Gasteiger partial charge in [-0.05, 0) is 18.4 Å². The number of hydrogen-bond donors (Lipinski definition) is 2. The molecule has 0 fully saturated rings. The van der Waals surface area contributed by atoms with Gasteiger partial charge >= 0.3 is 12.2 Å². The molecule has 2 amide bonds. The van der Waals surface area contributed by atoms with Gasteiger partial charge in [0, 0.05) is 44.3 Å². The van der Waals surface area contributed by atoms with Crippen molar-refractivity contribution in [3.8, 4) is 0 Å². The summed E-state index contributed by atoms with van der Waals surface area (Å²) >= 11 is 1.49. The van der Waals surface area contributed by atoms with Crippen LogP contribution in [0, 0.1) is 0 Å². The Morgan fingerprint density at radius 1 is 1.50 bits per heavy atom. The number of amides is 2. The maximum Gasteiger partial charge on any atom is 0.424 e. The van der Waals surface area contributed by atoms with Crippen LogP contribution in [0.2, 0.25) is 0 Å². The smallest absolute Gasteiger partial charge is 0.374 e. The Labute approximate surface area is 153 Å². The van der Waals surface area contributed by atoms with Crippen molar-refractivity contribution in [2.75, 3.05) is 13.6 Å². The van der Waals surface area contributed by atoms with E-state index in [-0.39, 0.29) is 12.6 Å². The van der Waals surface area contributed by atoms with Crippen molar-refractivity contribution in [2.24, 2.45) is 7.05 Å². The van der Waals surface area contributed by atoms with Gasteiger partial charge in [0.2, 0.25) is 5.60 Å². The van der Waals surface area contributed by atoms with Gasteiger partial charge in [-0.2, -0.15) is 13.2 Å². The maximum atomic E-state index is 13.4. The van der Waals surface area contributed by atoms with E-state index in [1.165, 1.54) is 35.7 Å². The number of carbonyl (C=O) groups is 1. The molecule has 2 unspecified atom stereocenters. The molecule has 6 nitrogen and oxygen atoms in total. The standard InChI is InChI=1S/C16H21F3N4O2S/c1-11(12-5-4-10-26-12)23(3)14(24)21-7-6-15(25,16(17,18)19)13-20-8-9-22(13)2/h4-5,8-11,25H,6-7H2,1-3H3,(H,21,24). The Balaban J connectivity index is 2.02. The first-order valence-corrected chi connectivity index (χ1v) is 8.77. The van der Waals surface area contributed by atoms with Gasteiger partial charge < -0.3 is 19.9 Å². The second-order valence-electron chi connectivity index (χ2n) is 6.00. The van der Waals surface area contributed by atoms with Gasteiger partial charge in [0.05, 0.1) is 6.04 Å². The number of urea groups is 1. The number of carbonyl (C=O) groups excluding carboxylic acids is 1. The predicted molar refractivity (Wildman–Crippen MR) is 91.7 cm³/mol. The molecule has 0 aliphatic heterocycles. The van der Waals surface area contributed by atoms with E-state index in [0.717, 1.165) is 9.44 Å². The fraction of sp³-hybridized carbons (Fsp3) is 0.500. The summed E-state index contributed by atoms with van der Waals surface area (Å²) in [6, 6.07) is 3.00. The average molecular weight is 390 g/mol. The Bertz CT molecular complexity index is 732. The number of halogens is 3. The van der Waals surface area contributed by atoms with Crippen molar-refractivity contribution in [2.45, 2.75) is 31.2 Å². The van der Waals surface area contributed by atoms with Crippen LogP contribution in [0.1, 0.15) is 30.1 Å². The van der Waals surface area contributed by atoms with Crippen molar-refractivity contribution in [1.29, 1.82) is 0 Å². The molecule has 10 heteroatoms. The van der Waals surface area contributed by atoms with Crippen molar-refractivity contribution >= 4 is 17.4 Å². The monoisotopic (exact) mass is 390 g/mol. The summed E-state index contributed by atoms with van der Waals surface area (Å²) in [5.74, 6) is -0.514. The molecule has 0 saturated heterocycles. The Morgan fingerprint density at radius 3 is 2.69 bits per heavy atom. The van der Waals surface area contributed by atoms with Crippen LogP contribution in [0.5, 0.6) is 0 Å². The molecule has 0 aliphatic carbocycles. The van der Waals surface area contributed by atoms with Crippen molar-refractivity contribution < 1.29 is 23.1 Å². The number of alkyl halides is 3. The fourth-order valence-corrected chi connectivity index (χ4v) is 3.34. The van der Waals surface area contributed by atoms with E-state index >= 15 is 0 Å². The van der Waals surface area contributed by atoms with Gasteiger partial charge in [-0.25, -0.2) is 9.78 Å². The van der Waals surface area contributed by atoms with E-state index in [0.29, 0.717) is 0 Å². The summed E-state index contributed by atoms with van der Waals surface area (Å²) in [5, 5.41) is 14.5. The first-order valence-electron chi connectivity index (χ1n) is 7.89. The molecule has 2 aromatic rings. The molecule has 0 radical (unpaired) electrons. The van der Waals surface area contributed by atoms with E-state index in [2.05, 4.69) is 10.3 Å². The molecular weight excluding hydrogens is 369 g/mol. The largest absolute Gasteiger partial charge is 0.424 e. The lowest BCUT2D eigenvalue weighted by Crippen LogP contribution is -2.47. The summed E-state index contributed by atoms with van der Waals surface area (Å²) in [6.07, 6.45) is -3.16. The number of aryl methyl sites for hydroxylation is 1. The van der Waals surface area contributed by atoms with E-state index < -0.39 is 30.1 Å². The molecule has 0 saturated carbocycles. The third kappa shape index (κ3) is 4.01. The number of thiophene rings is 1. The van der Waals surface area contributed by atoms with E-state index in [9.17, 15) is 23.1 Å².